The van der Waals surface area contributed by atoms with E-state index in [0.29, 0.717) is 19.6 Å². The van der Waals surface area contributed by atoms with E-state index in [0.717, 1.165) is 15.8 Å². The Morgan fingerprint density at radius 3 is 2.45 bits per heavy atom. The summed E-state index contributed by atoms with van der Waals surface area (Å²) in [5.74, 6) is -0.380. The fraction of sp³-hybridized carbons (Fsp3) is 0.571. The van der Waals surface area contributed by atoms with Crippen molar-refractivity contribution in [1.29, 1.82) is 0 Å². The van der Waals surface area contributed by atoms with E-state index in [2.05, 4.69) is 20.8 Å². The van der Waals surface area contributed by atoms with Crippen LogP contribution in [-0.4, -0.2) is 31.3 Å². The predicted molar refractivity (Wildman–Crippen MR) is 74.8 cm³/mol. The highest BCUT2D eigenvalue weighted by molar-refractivity contribution is 9.10. The van der Waals surface area contributed by atoms with Crippen LogP contribution in [0.3, 0.4) is 0 Å². The molecule has 1 aromatic rings. The van der Waals surface area contributed by atoms with Crippen molar-refractivity contribution in [1.82, 2.24) is 4.90 Å². The fourth-order valence-corrected chi connectivity index (χ4v) is 2.93. The van der Waals surface area contributed by atoms with Crippen LogP contribution in [0.15, 0.2) is 22.7 Å². The van der Waals surface area contributed by atoms with Gasteiger partial charge in [0.15, 0.2) is 0 Å². The molecule has 2 rings (SSSR count). The minimum absolute atomic E-state index is 0.192. The molecule has 0 bridgehead atoms. The zero-order valence-electron chi connectivity index (χ0n) is 11.2. The molecule has 0 spiro atoms. The van der Waals surface area contributed by atoms with Gasteiger partial charge in [0.2, 0.25) is 0 Å². The summed E-state index contributed by atoms with van der Waals surface area (Å²) >= 11 is 3.47. The third-order valence-corrected chi connectivity index (χ3v) is 4.44. The Morgan fingerprint density at radius 1 is 1.30 bits per heavy atom. The molecule has 0 N–H and O–H groups in total. The molecule has 0 radical (unpaired) electrons. The second kappa shape index (κ2) is 6.35. The van der Waals surface area contributed by atoms with Gasteiger partial charge < -0.3 is 4.74 Å². The van der Waals surface area contributed by atoms with Crippen LogP contribution in [0, 0.1) is 5.92 Å². The molecular formula is C14H17BrF3NO. The van der Waals surface area contributed by atoms with Crippen LogP contribution in [0.2, 0.25) is 0 Å². The van der Waals surface area contributed by atoms with Crippen LogP contribution >= 0.6 is 15.9 Å². The number of halogens is 4. The maximum absolute atomic E-state index is 12.6. The summed E-state index contributed by atoms with van der Waals surface area (Å²) in [5.41, 5.74) is 1.07. The third kappa shape index (κ3) is 3.88. The summed E-state index contributed by atoms with van der Waals surface area (Å²) in [6, 6.07) is 5.68. The maximum Gasteiger partial charge on any atom is 0.391 e. The van der Waals surface area contributed by atoms with E-state index in [1.165, 1.54) is 0 Å². The number of nitrogens with zero attached hydrogens (tertiary/aromatic N) is 1. The summed E-state index contributed by atoms with van der Waals surface area (Å²) in [6.45, 7) is 1.64. The van der Waals surface area contributed by atoms with Crippen LogP contribution in [0.4, 0.5) is 13.2 Å². The van der Waals surface area contributed by atoms with Crippen molar-refractivity contribution < 1.29 is 17.9 Å². The van der Waals surface area contributed by atoms with Crippen molar-refractivity contribution in [2.24, 2.45) is 5.92 Å². The molecule has 1 heterocycles. The highest BCUT2D eigenvalue weighted by Crippen LogP contribution is 2.34. The van der Waals surface area contributed by atoms with Crippen LogP contribution in [0.25, 0.3) is 0 Å². The van der Waals surface area contributed by atoms with Gasteiger partial charge in [0.1, 0.15) is 5.75 Å². The average molecular weight is 352 g/mol. The number of piperidine rings is 1. The second-order valence-corrected chi connectivity index (χ2v) is 5.90. The number of likely N-dealkylation sites (tertiary alicyclic amines) is 1. The molecule has 0 atom stereocenters. The van der Waals surface area contributed by atoms with Crippen LogP contribution in [0.5, 0.6) is 5.75 Å². The number of hydrogen-bond donors (Lipinski definition) is 0. The average Bonchev–Trinajstić information content (AvgIpc) is 2.40. The molecule has 1 saturated heterocycles. The zero-order valence-corrected chi connectivity index (χ0v) is 12.8. The highest BCUT2D eigenvalue weighted by Gasteiger charge is 2.40. The molecule has 1 aromatic carbocycles. The highest BCUT2D eigenvalue weighted by atomic mass is 79.9. The molecule has 0 amide bonds. The Labute approximate surface area is 125 Å². The molecule has 0 aliphatic carbocycles. The molecule has 1 aliphatic rings. The number of alkyl halides is 3. The standard InChI is InChI=1S/C14H17BrF3NO/c1-20-12-3-2-10(13(15)8-12)9-19-6-4-11(5-7-19)14(16,17)18/h2-3,8,11H,4-7,9H2,1H3. The molecule has 0 saturated carbocycles. The number of rotatable bonds is 3. The van der Waals surface area contributed by atoms with Crippen molar-refractivity contribution in [2.45, 2.75) is 25.6 Å². The first-order chi connectivity index (χ1) is 9.40. The topological polar surface area (TPSA) is 12.5 Å². The Hall–Kier alpha value is -0.750. The van der Waals surface area contributed by atoms with Crippen molar-refractivity contribution in [3.05, 3.63) is 28.2 Å². The number of methoxy groups -OCH3 is 1. The van der Waals surface area contributed by atoms with Gasteiger partial charge in [-0.15, -0.1) is 0 Å². The molecule has 0 unspecified atom stereocenters. The summed E-state index contributed by atoms with van der Waals surface area (Å²) in [7, 11) is 1.60. The lowest BCUT2D eigenvalue weighted by Crippen LogP contribution is -2.38. The normalized spacial score (nSPS) is 18.2. The van der Waals surface area contributed by atoms with Gasteiger partial charge in [-0.25, -0.2) is 0 Å². The largest absolute Gasteiger partial charge is 0.497 e. The van der Waals surface area contributed by atoms with Crippen molar-refractivity contribution in [2.75, 3.05) is 20.2 Å². The van der Waals surface area contributed by atoms with Crippen LogP contribution < -0.4 is 4.74 Å². The van der Waals surface area contributed by atoms with Gasteiger partial charge >= 0.3 is 6.18 Å². The lowest BCUT2D eigenvalue weighted by atomic mass is 9.96. The van der Waals surface area contributed by atoms with Crippen LogP contribution in [0.1, 0.15) is 18.4 Å². The minimum atomic E-state index is -4.05. The lowest BCUT2D eigenvalue weighted by Gasteiger charge is -2.33. The quantitative estimate of drug-likeness (QED) is 0.807. The molecule has 0 aromatic heterocycles. The number of hydrogen-bond acceptors (Lipinski definition) is 2. The predicted octanol–water partition coefficient (Wildman–Crippen LogP) is 4.23. The SMILES string of the molecule is COc1ccc(CN2CCC(C(F)(F)F)CC2)c(Br)c1. The van der Waals surface area contributed by atoms with Gasteiger partial charge in [-0.05, 0) is 43.6 Å². The smallest absolute Gasteiger partial charge is 0.391 e. The van der Waals surface area contributed by atoms with Crippen molar-refractivity contribution in [3.63, 3.8) is 0 Å². The number of benzene rings is 1. The summed E-state index contributed by atoms with van der Waals surface area (Å²) in [4.78, 5) is 2.06. The minimum Gasteiger partial charge on any atom is -0.497 e. The fourth-order valence-electron chi connectivity index (χ4n) is 2.44. The Balaban J connectivity index is 1.93. The van der Waals surface area contributed by atoms with Gasteiger partial charge in [-0.1, -0.05) is 22.0 Å². The summed E-state index contributed by atoms with van der Waals surface area (Å²) < 4.78 is 43.9. The first kappa shape index (κ1) is 15.6. The molecule has 112 valence electrons. The first-order valence-electron chi connectivity index (χ1n) is 6.51. The van der Waals surface area contributed by atoms with E-state index in [1.807, 2.05) is 18.2 Å². The van der Waals surface area contributed by atoms with Gasteiger partial charge in [0.25, 0.3) is 0 Å². The summed E-state index contributed by atoms with van der Waals surface area (Å²) in [5, 5.41) is 0. The Morgan fingerprint density at radius 2 is 1.95 bits per heavy atom. The third-order valence-electron chi connectivity index (χ3n) is 3.70. The van der Waals surface area contributed by atoms with Gasteiger partial charge in [-0.3, -0.25) is 4.90 Å². The van der Waals surface area contributed by atoms with Crippen molar-refractivity contribution >= 4 is 15.9 Å². The van der Waals surface area contributed by atoms with E-state index in [9.17, 15) is 13.2 Å². The summed E-state index contributed by atoms with van der Waals surface area (Å²) in [6.07, 6.45) is -3.67. The molecular weight excluding hydrogens is 335 g/mol. The molecule has 2 nitrogen and oxygen atoms in total. The molecule has 6 heteroatoms. The molecule has 1 fully saturated rings. The van der Waals surface area contributed by atoms with E-state index in [1.54, 1.807) is 7.11 Å². The second-order valence-electron chi connectivity index (χ2n) is 5.05. The maximum atomic E-state index is 12.6. The zero-order chi connectivity index (χ0) is 14.8. The van der Waals surface area contributed by atoms with E-state index < -0.39 is 12.1 Å². The number of ether oxygens (including phenoxy) is 1. The molecule has 1 aliphatic heterocycles. The van der Waals surface area contributed by atoms with E-state index in [-0.39, 0.29) is 12.8 Å². The monoisotopic (exact) mass is 351 g/mol. The Bertz CT molecular complexity index is 456. The van der Waals surface area contributed by atoms with Gasteiger partial charge in [-0.2, -0.15) is 13.2 Å². The Kier molecular flexibility index (Phi) is 4.96. The van der Waals surface area contributed by atoms with E-state index in [4.69, 9.17) is 4.74 Å². The van der Waals surface area contributed by atoms with Crippen molar-refractivity contribution in [3.8, 4) is 5.75 Å². The lowest BCUT2D eigenvalue weighted by molar-refractivity contribution is -0.185. The van der Waals surface area contributed by atoms with Crippen LogP contribution in [-0.2, 0) is 6.54 Å². The van der Waals surface area contributed by atoms with E-state index >= 15 is 0 Å². The molecule has 20 heavy (non-hydrogen) atoms. The van der Waals surface area contributed by atoms with Gasteiger partial charge in [0, 0.05) is 11.0 Å². The van der Waals surface area contributed by atoms with Gasteiger partial charge in [0.05, 0.1) is 13.0 Å². The first-order valence-corrected chi connectivity index (χ1v) is 7.31.